The molecule has 0 saturated carbocycles. The van der Waals surface area contributed by atoms with Crippen LogP contribution in [0.2, 0.25) is 19.6 Å². The van der Waals surface area contributed by atoms with Gasteiger partial charge in [-0.3, -0.25) is 0 Å². The van der Waals surface area contributed by atoms with Crippen molar-refractivity contribution in [1.82, 2.24) is 0 Å². The van der Waals surface area contributed by atoms with Gasteiger partial charge in [0.1, 0.15) is 0 Å². The van der Waals surface area contributed by atoms with Crippen molar-refractivity contribution in [3.8, 4) is 0 Å². The highest BCUT2D eigenvalue weighted by Crippen LogP contribution is 2.25. The monoisotopic (exact) mass is 320 g/mol. The van der Waals surface area contributed by atoms with Gasteiger partial charge in [0.2, 0.25) is 8.32 Å². The summed E-state index contributed by atoms with van der Waals surface area (Å²) in [6.07, 6.45) is 3.26. The minimum atomic E-state index is -1.57. The third-order valence-corrected chi connectivity index (χ3v) is 4.71. The Morgan fingerprint density at radius 2 is 1.71 bits per heavy atom. The zero-order valence-electron chi connectivity index (χ0n) is 14.2. The van der Waals surface area contributed by atoms with E-state index in [0.717, 1.165) is 12.2 Å². The van der Waals surface area contributed by atoms with Crippen molar-refractivity contribution in [1.29, 1.82) is 0 Å². The maximum atomic E-state index is 6.32. The summed E-state index contributed by atoms with van der Waals surface area (Å²) in [5.74, 6) is 2.08. The van der Waals surface area contributed by atoms with Gasteiger partial charge in [-0.05, 0) is 64.5 Å². The van der Waals surface area contributed by atoms with E-state index in [-0.39, 0.29) is 0 Å². The molecule has 1 rings (SSSR count). The first kappa shape index (κ1) is 18.1. The molecule has 0 aliphatic rings. The molecule has 1 nitrogen and oxygen atoms in total. The average molecular weight is 321 g/mol. The molecule has 0 heterocycles. The molecule has 0 aromatic heterocycles. The number of rotatable bonds is 7. The molecule has 21 heavy (non-hydrogen) atoms. The van der Waals surface area contributed by atoms with Gasteiger partial charge in [-0.1, -0.05) is 29.8 Å². The van der Waals surface area contributed by atoms with E-state index in [0.29, 0.717) is 0 Å². The average Bonchev–Trinajstić information content (AvgIpc) is 2.40. The van der Waals surface area contributed by atoms with E-state index < -0.39 is 8.32 Å². The molecule has 0 N–H and O–H groups in total. The van der Waals surface area contributed by atoms with Crippen molar-refractivity contribution in [2.75, 3.05) is 5.75 Å². The number of allylic oxidation sites excluding steroid dienone is 3. The highest BCUT2D eigenvalue weighted by Gasteiger charge is 2.19. The lowest BCUT2D eigenvalue weighted by Crippen LogP contribution is -2.26. The Labute approximate surface area is 135 Å². The first-order chi connectivity index (χ1) is 9.78. The van der Waals surface area contributed by atoms with Crippen LogP contribution in [0.5, 0.6) is 0 Å². The van der Waals surface area contributed by atoms with Gasteiger partial charge in [-0.2, -0.15) is 0 Å². The third-order valence-electron chi connectivity index (χ3n) is 2.84. The van der Waals surface area contributed by atoms with Crippen LogP contribution in [0.4, 0.5) is 0 Å². The molecule has 0 atom stereocenters. The van der Waals surface area contributed by atoms with Gasteiger partial charge in [0, 0.05) is 4.90 Å². The molecule has 0 amide bonds. The van der Waals surface area contributed by atoms with E-state index in [1.165, 1.54) is 21.8 Å². The lowest BCUT2D eigenvalue weighted by molar-refractivity contribution is 0.419. The number of benzene rings is 1. The lowest BCUT2D eigenvalue weighted by Gasteiger charge is -2.23. The standard InChI is InChI=1S/C18H28OSSi/c1-15(2)12-13-16(3)18(19-21(4,5)6)14-20-17-10-8-7-9-11-17/h7-12H,13-14H2,1-6H3. The Morgan fingerprint density at radius 3 is 2.24 bits per heavy atom. The van der Waals surface area contributed by atoms with Gasteiger partial charge in [0.05, 0.1) is 11.5 Å². The fraction of sp³-hybridized carbons (Fsp3) is 0.444. The molecule has 0 fully saturated rings. The zero-order valence-corrected chi connectivity index (χ0v) is 16.0. The normalized spacial score (nSPS) is 12.7. The van der Waals surface area contributed by atoms with E-state index in [1.54, 1.807) is 0 Å². The van der Waals surface area contributed by atoms with E-state index in [2.05, 4.69) is 76.8 Å². The number of thioether (sulfide) groups is 1. The Morgan fingerprint density at radius 1 is 1.10 bits per heavy atom. The lowest BCUT2D eigenvalue weighted by atomic mass is 10.1. The highest BCUT2D eigenvalue weighted by atomic mass is 32.2. The molecule has 116 valence electrons. The van der Waals surface area contributed by atoms with Crippen molar-refractivity contribution in [3.05, 3.63) is 53.3 Å². The molecule has 0 radical (unpaired) electrons. The van der Waals surface area contributed by atoms with Gasteiger partial charge in [0.15, 0.2) is 0 Å². The van der Waals surface area contributed by atoms with E-state index in [4.69, 9.17) is 4.43 Å². The second-order valence-corrected chi connectivity index (χ2v) is 12.0. The summed E-state index contributed by atoms with van der Waals surface area (Å²) in [7, 11) is -1.57. The Kier molecular flexibility index (Phi) is 7.33. The summed E-state index contributed by atoms with van der Waals surface area (Å²) in [4.78, 5) is 1.30. The van der Waals surface area contributed by atoms with Crippen LogP contribution in [0.1, 0.15) is 27.2 Å². The van der Waals surface area contributed by atoms with Crippen LogP contribution in [0.25, 0.3) is 0 Å². The van der Waals surface area contributed by atoms with E-state index >= 15 is 0 Å². The van der Waals surface area contributed by atoms with Crippen molar-refractivity contribution in [2.45, 2.75) is 51.7 Å². The van der Waals surface area contributed by atoms with Gasteiger partial charge in [0.25, 0.3) is 0 Å². The van der Waals surface area contributed by atoms with Crippen molar-refractivity contribution >= 4 is 20.1 Å². The minimum absolute atomic E-state index is 0.913. The SMILES string of the molecule is CC(C)=CCC(C)=C(CSc1ccccc1)O[Si](C)(C)C. The van der Waals surface area contributed by atoms with E-state index in [9.17, 15) is 0 Å². The van der Waals surface area contributed by atoms with Crippen molar-refractivity contribution < 1.29 is 4.43 Å². The zero-order chi connectivity index (χ0) is 15.9. The van der Waals surface area contributed by atoms with Crippen molar-refractivity contribution in [2.24, 2.45) is 0 Å². The van der Waals surface area contributed by atoms with Crippen LogP contribution in [0, 0.1) is 0 Å². The topological polar surface area (TPSA) is 9.23 Å². The van der Waals surface area contributed by atoms with Gasteiger partial charge in [-0.25, -0.2) is 0 Å². The quantitative estimate of drug-likeness (QED) is 0.254. The van der Waals surface area contributed by atoms with Gasteiger partial charge < -0.3 is 4.43 Å². The number of hydrogen-bond acceptors (Lipinski definition) is 2. The number of hydrogen-bond donors (Lipinski definition) is 0. The summed E-state index contributed by atoms with van der Waals surface area (Å²) in [6.45, 7) is 13.2. The Bertz CT molecular complexity index is 494. The maximum absolute atomic E-state index is 6.32. The summed E-state index contributed by atoms with van der Waals surface area (Å²) in [5.41, 5.74) is 2.71. The second kappa shape index (κ2) is 8.50. The largest absolute Gasteiger partial charge is 0.547 e. The molecule has 0 aliphatic carbocycles. The fourth-order valence-electron chi connectivity index (χ4n) is 1.75. The summed E-state index contributed by atoms with van der Waals surface area (Å²) in [6, 6.07) is 10.5. The molecule has 1 aromatic carbocycles. The van der Waals surface area contributed by atoms with Gasteiger partial charge in [-0.15, -0.1) is 11.8 Å². The summed E-state index contributed by atoms with van der Waals surface area (Å²) < 4.78 is 6.32. The Hall–Kier alpha value is -0.933. The van der Waals surface area contributed by atoms with Crippen LogP contribution < -0.4 is 0 Å². The molecule has 3 heteroatoms. The maximum Gasteiger partial charge on any atom is 0.241 e. The smallest absolute Gasteiger partial charge is 0.241 e. The van der Waals surface area contributed by atoms with Crippen LogP contribution in [0.15, 0.2) is 58.2 Å². The summed E-state index contributed by atoms with van der Waals surface area (Å²) in [5, 5.41) is 0. The predicted molar refractivity (Wildman–Crippen MR) is 98.3 cm³/mol. The van der Waals surface area contributed by atoms with Crippen molar-refractivity contribution in [3.63, 3.8) is 0 Å². The molecule has 0 spiro atoms. The van der Waals surface area contributed by atoms with Crippen LogP contribution >= 0.6 is 11.8 Å². The molecule has 0 unspecified atom stereocenters. The fourth-order valence-corrected chi connectivity index (χ4v) is 3.79. The summed E-state index contributed by atoms with van der Waals surface area (Å²) >= 11 is 1.85. The minimum Gasteiger partial charge on any atom is -0.547 e. The van der Waals surface area contributed by atoms with Crippen LogP contribution in [0.3, 0.4) is 0 Å². The second-order valence-electron chi connectivity index (χ2n) is 6.51. The molecule has 0 aliphatic heterocycles. The van der Waals surface area contributed by atoms with Gasteiger partial charge >= 0.3 is 0 Å². The molecular weight excluding hydrogens is 292 g/mol. The highest BCUT2D eigenvalue weighted by molar-refractivity contribution is 7.99. The Balaban J connectivity index is 2.81. The molecular formula is C18H28OSSi. The molecule has 0 saturated heterocycles. The van der Waals surface area contributed by atoms with Crippen LogP contribution in [-0.4, -0.2) is 14.1 Å². The third kappa shape index (κ3) is 8.17. The van der Waals surface area contributed by atoms with E-state index in [1.807, 2.05) is 11.8 Å². The molecule has 0 bridgehead atoms. The first-order valence-corrected chi connectivity index (χ1v) is 11.9. The van der Waals surface area contributed by atoms with Crippen LogP contribution in [-0.2, 0) is 4.43 Å². The molecule has 1 aromatic rings. The predicted octanol–water partition coefficient (Wildman–Crippen LogP) is 6.26. The first-order valence-electron chi connectivity index (χ1n) is 7.47.